The lowest BCUT2D eigenvalue weighted by Crippen LogP contribution is -2.26. The molecule has 26 heavy (non-hydrogen) atoms. The molecule has 154 valence electrons. The quantitative estimate of drug-likeness (QED) is 0.295. The molecule has 0 unspecified atom stereocenters. The Balaban J connectivity index is 4.37. The summed E-state index contributed by atoms with van der Waals surface area (Å²) in [7, 11) is -10.7. The van der Waals surface area contributed by atoms with E-state index in [1.165, 1.54) is 0 Å². The highest BCUT2D eigenvalue weighted by Gasteiger charge is 2.38. The summed E-state index contributed by atoms with van der Waals surface area (Å²) in [6.45, 7) is 4.05. The maximum atomic E-state index is 11.6. The topological polar surface area (TPSA) is 121 Å². The van der Waals surface area contributed by atoms with Crippen LogP contribution in [-0.4, -0.2) is 28.8 Å². The van der Waals surface area contributed by atoms with Crippen LogP contribution in [0.15, 0.2) is 0 Å². The van der Waals surface area contributed by atoms with Crippen molar-refractivity contribution >= 4 is 30.2 Å². The zero-order valence-corrected chi connectivity index (χ0v) is 17.2. The molecule has 0 radical (unpaired) electrons. The fraction of sp³-hybridized carbons (Fsp3) is 0.875. The van der Waals surface area contributed by atoms with Crippen molar-refractivity contribution in [1.29, 1.82) is 0 Å². The Morgan fingerprint density at radius 1 is 0.577 bits per heavy atom. The number of unbranched alkanes of at least 4 members (excludes halogenated alkanes) is 8. The first-order valence-corrected chi connectivity index (χ1v) is 12.4. The molecule has 0 aliphatic carbocycles. The van der Waals surface area contributed by atoms with Crippen LogP contribution < -0.4 is 0 Å². The molecule has 0 amide bonds. The average Bonchev–Trinajstić information content (AvgIpc) is 2.53. The predicted molar refractivity (Wildman–Crippen MR) is 96.8 cm³/mol. The highest BCUT2D eigenvalue weighted by atomic mass is 33.2. The summed E-state index contributed by atoms with van der Waals surface area (Å²) in [6, 6.07) is 0. The lowest BCUT2D eigenvalue weighted by atomic mass is 10.1. The van der Waals surface area contributed by atoms with Gasteiger partial charge in [0.1, 0.15) is 0 Å². The Hall–Kier alpha value is -1.16. The molecule has 0 atom stereocenters. The van der Waals surface area contributed by atoms with Crippen LogP contribution in [-0.2, 0) is 36.3 Å². The van der Waals surface area contributed by atoms with E-state index < -0.39 is 30.2 Å². The normalized spacial score (nSPS) is 11.9. The Labute approximate surface area is 156 Å². The predicted octanol–water partition coefficient (Wildman–Crippen LogP) is 3.37. The van der Waals surface area contributed by atoms with Gasteiger partial charge >= 0.3 is 30.2 Å². The van der Waals surface area contributed by atoms with Crippen LogP contribution in [0.3, 0.4) is 0 Å². The molecule has 0 N–H and O–H groups in total. The highest BCUT2D eigenvalue weighted by Crippen LogP contribution is 2.14. The van der Waals surface area contributed by atoms with Crippen molar-refractivity contribution in [3.63, 3.8) is 0 Å². The zero-order chi connectivity index (χ0) is 20.1. The van der Waals surface area contributed by atoms with Crippen molar-refractivity contribution in [2.75, 3.05) is 0 Å². The van der Waals surface area contributed by atoms with E-state index in [2.05, 4.69) is 8.37 Å². The summed E-state index contributed by atoms with van der Waals surface area (Å²) >= 11 is 0. The lowest BCUT2D eigenvalue weighted by Gasteiger charge is -2.07. The van der Waals surface area contributed by atoms with Crippen LogP contribution in [0.1, 0.15) is 90.9 Å². The average molecular weight is 415 g/mol. The SMILES string of the molecule is CCCCCCCC(=O)OS(=O)(=O)S(=O)(=O)OC(=O)CCCCCCC. The third kappa shape index (κ3) is 10.7. The van der Waals surface area contributed by atoms with Gasteiger partial charge in [-0.15, -0.1) is 0 Å². The second-order valence-corrected chi connectivity index (χ2v) is 10.5. The highest BCUT2D eigenvalue weighted by molar-refractivity contribution is 8.63. The van der Waals surface area contributed by atoms with Crippen molar-refractivity contribution in [2.45, 2.75) is 90.9 Å². The number of carbonyl (C=O) groups excluding carboxylic acids is 2. The van der Waals surface area contributed by atoms with Gasteiger partial charge in [-0.25, -0.2) is 0 Å². The molecule has 0 saturated heterocycles. The molecule has 8 nitrogen and oxygen atoms in total. The number of carbonyl (C=O) groups is 2. The number of hydrogen-bond donors (Lipinski definition) is 0. The molecule has 0 fully saturated rings. The van der Waals surface area contributed by atoms with Gasteiger partial charge in [-0.1, -0.05) is 65.2 Å². The monoisotopic (exact) mass is 414 g/mol. The first-order valence-electron chi connectivity index (χ1n) is 9.10. The van der Waals surface area contributed by atoms with E-state index in [1.54, 1.807) is 0 Å². The van der Waals surface area contributed by atoms with Gasteiger partial charge in [0.25, 0.3) is 0 Å². The maximum Gasteiger partial charge on any atom is 0.457 e. The van der Waals surface area contributed by atoms with Crippen LogP contribution in [0.4, 0.5) is 0 Å². The molecule has 10 heteroatoms. The fourth-order valence-corrected chi connectivity index (χ4v) is 3.88. The summed E-state index contributed by atoms with van der Waals surface area (Å²) in [5.74, 6) is -2.36. The second-order valence-electron chi connectivity index (χ2n) is 6.06. The van der Waals surface area contributed by atoms with Crippen LogP contribution in [0, 0.1) is 0 Å². The molecular weight excluding hydrogens is 384 g/mol. The Morgan fingerprint density at radius 3 is 1.19 bits per heavy atom. The minimum Gasteiger partial charge on any atom is -0.332 e. The van der Waals surface area contributed by atoms with Crippen LogP contribution in [0.5, 0.6) is 0 Å². The molecule has 0 heterocycles. The van der Waals surface area contributed by atoms with E-state index in [0.29, 0.717) is 25.7 Å². The Kier molecular flexibility index (Phi) is 12.5. The maximum absolute atomic E-state index is 11.6. The van der Waals surface area contributed by atoms with Crippen LogP contribution in [0.2, 0.25) is 0 Å². The van der Waals surface area contributed by atoms with Gasteiger partial charge < -0.3 is 8.37 Å². The third-order valence-electron chi connectivity index (χ3n) is 3.61. The van der Waals surface area contributed by atoms with E-state index in [0.717, 1.165) is 38.5 Å². The fourth-order valence-electron chi connectivity index (χ4n) is 2.14. The van der Waals surface area contributed by atoms with Crippen LogP contribution >= 0.6 is 0 Å². The second kappa shape index (κ2) is 13.1. The first-order chi connectivity index (χ1) is 12.2. The van der Waals surface area contributed by atoms with Gasteiger partial charge in [0.2, 0.25) is 0 Å². The standard InChI is InChI=1S/C16H30O8S2/c1-3-5-7-9-11-13-15(17)23-25(19,20)26(21,22)24-16(18)14-12-10-8-6-4-2/h3-14H2,1-2H3. The van der Waals surface area contributed by atoms with Gasteiger partial charge in [-0.05, 0) is 12.8 Å². The van der Waals surface area contributed by atoms with E-state index in [4.69, 9.17) is 0 Å². The van der Waals surface area contributed by atoms with Crippen LogP contribution in [0.25, 0.3) is 0 Å². The van der Waals surface area contributed by atoms with E-state index in [-0.39, 0.29) is 12.8 Å². The van der Waals surface area contributed by atoms with Crippen molar-refractivity contribution < 1.29 is 34.8 Å². The minimum atomic E-state index is -5.36. The molecule has 0 rings (SSSR count). The van der Waals surface area contributed by atoms with E-state index >= 15 is 0 Å². The van der Waals surface area contributed by atoms with Gasteiger partial charge in [0, 0.05) is 12.8 Å². The van der Waals surface area contributed by atoms with Crippen molar-refractivity contribution in [1.82, 2.24) is 0 Å². The molecule has 0 aliphatic rings. The minimum absolute atomic E-state index is 0.218. The Bertz CT molecular complexity index is 567. The van der Waals surface area contributed by atoms with Crippen molar-refractivity contribution in [3.8, 4) is 0 Å². The molecular formula is C16H30O8S2. The number of hydrogen-bond acceptors (Lipinski definition) is 8. The summed E-state index contributed by atoms with van der Waals surface area (Å²) in [6.07, 6.45) is 7.58. The molecule has 0 aromatic rings. The molecule has 0 aromatic carbocycles. The van der Waals surface area contributed by atoms with Gasteiger partial charge in [-0.2, -0.15) is 16.8 Å². The smallest absolute Gasteiger partial charge is 0.332 e. The largest absolute Gasteiger partial charge is 0.457 e. The zero-order valence-electron chi connectivity index (χ0n) is 15.6. The van der Waals surface area contributed by atoms with E-state index in [9.17, 15) is 26.4 Å². The first kappa shape index (κ1) is 24.8. The summed E-state index contributed by atoms with van der Waals surface area (Å²) in [5, 5.41) is 0. The van der Waals surface area contributed by atoms with Crippen molar-refractivity contribution in [2.24, 2.45) is 0 Å². The molecule has 0 saturated carbocycles. The molecule has 0 aromatic heterocycles. The van der Waals surface area contributed by atoms with Gasteiger partial charge in [0.15, 0.2) is 0 Å². The summed E-state index contributed by atoms with van der Waals surface area (Å²) in [5.41, 5.74) is 0. The molecule has 0 bridgehead atoms. The molecule has 0 aliphatic heterocycles. The van der Waals surface area contributed by atoms with Gasteiger partial charge in [0.05, 0.1) is 0 Å². The third-order valence-corrected chi connectivity index (χ3v) is 6.80. The summed E-state index contributed by atoms with van der Waals surface area (Å²) < 4.78 is 54.6. The summed E-state index contributed by atoms with van der Waals surface area (Å²) in [4.78, 5) is 23.0. The van der Waals surface area contributed by atoms with Gasteiger partial charge in [-0.3, -0.25) is 9.59 Å². The van der Waals surface area contributed by atoms with E-state index in [1.807, 2.05) is 13.8 Å². The number of rotatable bonds is 15. The molecule has 0 spiro atoms. The van der Waals surface area contributed by atoms with Crippen molar-refractivity contribution in [3.05, 3.63) is 0 Å². The Morgan fingerprint density at radius 2 is 0.885 bits per heavy atom. The lowest BCUT2D eigenvalue weighted by molar-refractivity contribution is -0.135.